The number of aryl methyl sites for hydroxylation is 2. The van der Waals surface area contributed by atoms with Crippen molar-refractivity contribution in [1.29, 1.82) is 0 Å². The van der Waals surface area contributed by atoms with Crippen molar-refractivity contribution in [1.82, 2.24) is 19.7 Å². The molecule has 1 aromatic heterocycles. The zero-order valence-electron chi connectivity index (χ0n) is 18.6. The van der Waals surface area contributed by atoms with Crippen LogP contribution in [0, 0.1) is 18.6 Å². The number of methoxy groups -OCH3 is 1. The van der Waals surface area contributed by atoms with Gasteiger partial charge in [-0.1, -0.05) is 12.1 Å². The van der Waals surface area contributed by atoms with Crippen molar-refractivity contribution < 1.29 is 14.3 Å². The van der Waals surface area contributed by atoms with Gasteiger partial charge in [-0.3, -0.25) is 14.5 Å². The molecule has 168 valence electrons. The Kier molecular flexibility index (Phi) is 6.60. The quantitative estimate of drug-likeness (QED) is 0.565. The summed E-state index contributed by atoms with van der Waals surface area (Å²) in [6.07, 6.45) is 1.73. The fourth-order valence-electron chi connectivity index (χ4n) is 3.90. The maximum atomic E-state index is 13.0. The summed E-state index contributed by atoms with van der Waals surface area (Å²) >= 11 is 5.39. The van der Waals surface area contributed by atoms with Crippen LogP contribution in [0.3, 0.4) is 0 Å². The molecule has 3 aromatic rings. The molecule has 2 aromatic carbocycles. The zero-order chi connectivity index (χ0) is 22.7. The highest BCUT2D eigenvalue weighted by atomic mass is 32.1. The van der Waals surface area contributed by atoms with E-state index in [-0.39, 0.29) is 18.6 Å². The van der Waals surface area contributed by atoms with E-state index >= 15 is 0 Å². The van der Waals surface area contributed by atoms with Crippen molar-refractivity contribution in [3.05, 3.63) is 58.4 Å². The number of aromatic nitrogens is 3. The Morgan fingerprint density at radius 3 is 2.56 bits per heavy atom. The third-order valence-corrected chi connectivity index (χ3v) is 6.14. The smallest absolute Gasteiger partial charge is 0.242 e. The molecular weight excluding hydrogens is 424 g/mol. The van der Waals surface area contributed by atoms with Gasteiger partial charge in [0.25, 0.3) is 0 Å². The van der Waals surface area contributed by atoms with Crippen molar-refractivity contribution in [3.8, 4) is 22.9 Å². The van der Waals surface area contributed by atoms with E-state index < -0.39 is 0 Å². The first-order valence-corrected chi connectivity index (χ1v) is 11.2. The van der Waals surface area contributed by atoms with Gasteiger partial charge < -0.3 is 14.4 Å². The molecule has 0 atom stereocenters. The average Bonchev–Trinajstić information content (AvgIpc) is 3.16. The number of ether oxygens (including phenoxy) is 2. The molecule has 2 heterocycles. The first-order chi connectivity index (χ1) is 15.4. The molecule has 1 amide bonds. The standard InChI is InChI=1S/C24H28N4O3S/c1-16-4-5-17(2)21(14-16)31-20-10-12-27(13-11-20)22(29)15-28-23(25-26-24(28)32)18-6-8-19(30-3)9-7-18/h4-9,14,20H,10-13,15H2,1-3H3,(H,26,32). The number of aromatic amines is 1. The van der Waals surface area contributed by atoms with Gasteiger partial charge in [0.05, 0.1) is 7.11 Å². The van der Waals surface area contributed by atoms with Gasteiger partial charge in [-0.15, -0.1) is 0 Å². The highest BCUT2D eigenvalue weighted by Gasteiger charge is 2.25. The Hall–Kier alpha value is -3.13. The molecule has 0 spiro atoms. The minimum Gasteiger partial charge on any atom is -0.497 e. The average molecular weight is 453 g/mol. The summed E-state index contributed by atoms with van der Waals surface area (Å²) in [4.78, 5) is 14.9. The van der Waals surface area contributed by atoms with E-state index in [1.54, 1.807) is 11.7 Å². The molecule has 1 N–H and O–H groups in total. The maximum Gasteiger partial charge on any atom is 0.242 e. The summed E-state index contributed by atoms with van der Waals surface area (Å²) < 4.78 is 13.6. The monoisotopic (exact) mass is 452 g/mol. The SMILES string of the molecule is COc1ccc(-c2n[nH]c(=S)n2CC(=O)N2CCC(Oc3cc(C)ccc3C)CC2)cc1. The van der Waals surface area contributed by atoms with Gasteiger partial charge in [-0.25, -0.2) is 0 Å². The zero-order valence-corrected chi connectivity index (χ0v) is 19.4. The number of hydrogen-bond donors (Lipinski definition) is 1. The number of piperidine rings is 1. The lowest BCUT2D eigenvalue weighted by atomic mass is 10.1. The van der Waals surface area contributed by atoms with E-state index in [1.807, 2.05) is 29.2 Å². The van der Waals surface area contributed by atoms with Gasteiger partial charge in [0.1, 0.15) is 24.1 Å². The Morgan fingerprint density at radius 1 is 1.16 bits per heavy atom. The molecule has 1 aliphatic heterocycles. The van der Waals surface area contributed by atoms with Crippen LogP contribution in [0.4, 0.5) is 0 Å². The number of rotatable bonds is 6. The van der Waals surface area contributed by atoms with Crippen LogP contribution in [-0.4, -0.2) is 51.9 Å². The minimum atomic E-state index is 0.0300. The number of nitrogens with one attached hydrogen (secondary N) is 1. The largest absolute Gasteiger partial charge is 0.497 e. The molecule has 0 bridgehead atoms. The Labute approximate surface area is 193 Å². The second-order valence-electron chi connectivity index (χ2n) is 8.13. The lowest BCUT2D eigenvalue weighted by Crippen LogP contribution is -2.43. The molecule has 7 nitrogen and oxygen atoms in total. The van der Waals surface area contributed by atoms with E-state index in [1.165, 1.54) is 5.56 Å². The van der Waals surface area contributed by atoms with Gasteiger partial charge >= 0.3 is 0 Å². The van der Waals surface area contributed by atoms with Crippen molar-refractivity contribution in [3.63, 3.8) is 0 Å². The number of nitrogens with zero attached hydrogens (tertiary/aromatic N) is 3. The third-order valence-electron chi connectivity index (χ3n) is 5.83. The van der Waals surface area contributed by atoms with Crippen molar-refractivity contribution >= 4 is 18.1 Å². The normalized spacial score (nSPS) is 14.4. The molecule has 1 saturated heterocycles. The van der Waals surface area contributed by atoms with Gasteiger partial charge in [0, 0.05) is 31.5 Å². The molecule has 1 aliphatic rings. The molecule has 0 radical (unpaired) electrons. The number of H-pyrrole nitrogens is 1. The first kappa shape index (κ1) is 22.1. The number of amides is 1. The van der Waals surface area contributed by atoms with E-state index in [0.29, 0.717) is 23.7 Å². The van der Waals surface area contributed by atoms with Crippen LogP contribution in [0.2, 0.25) is 0 Å². The van der Waals surface area contributed by atoms with Crippen LogP contribution in [0.5, 0.6) is 11.5 Å². The van der Waals surface area contributed by atoms with Crippen LogP contribution in [0.15, 0.2) is 42.5 Å². The summed E-state index contributed by atoms with van der Waals surface area (Å²) in [7, 11) is 1.63. The summed E-state index contributed by atoms with van der Waals surface area (Å²) in [5, 5.41) is 7.14. The molecule has 8 heteroatoms. The fraction of sp³-hybridized carbons (Fsp3) is 0.375. The summed E-state index contributed by atoms with van der Waals surface area (Å²) in [5.41, 5.74) is 3.18. The Balaban J connectivity index is 1.39. The number of benzene rings is 2. The lowest BCUT2D eigenvalue weighted by molar-refractivity contribution is -0.133. The van der Waals surface area contributed by atoms with Crippen molar-refractivity contribution in [2.75, 3.05) is 20.2 Å². The number of carbonyl (C=O) groups excluding carboxylic acids is 1. The summed E-state index contributed by atoms with van der Waals surface area (Å²) in [6, 6.07) is 13.8. The predicted molar refractivity (Wildman–Crippen MR) is 126 cm³/mol. The van der Waals surface area contributed by atoms with Crippen LogP contribution in [0.25, 0.3) is 11.4 Å². The molecule has 4 rings (SSSR count). The minimum absolute atomic E-state index is 0.0300. The fourth-order valence-corrected chi connectivity index (χ4v) is 4.09. The number of hydrogen-bond acceptors (Lipinski definition) is 5. The van der Waals surface area contributed by atoms with Crippen LogP contribution in [-0.2, 0) is 11.3 Å². The van der Waals surface area contributed by atoms with Crippen LogP contribution < -0.4 is 9.47 Å². The highest BCUT2D eigenvalue weighted by molar-refractivity contribution is 7.71. The Bertz CT molecular complexity index is 1140. The maximum absolute atomic E-state index is 13.0. The second-order valence-corrected chi connectivity index (χ2v) is 8.52. The van der Waals surface area contributed by atoms with E-state index in [0.717, 1.165) is 35.5 Å². The summed E-state index contributed by atoms with van der Waals surface area (Å²) in [5.74, 6) is 2.36. The molecule has 0 unspecified atom stereocenters. The van der Waals surface area contributed by atoms with E-state index in [9.17, 15) is 4.79 Å². The van der Waals surface area contributed by atoms with Crippen molar-refractivity contribution in [2.45, 2.75) is 39.3 Å². The predicted octanol–water partition coefficient (Wildman–Crippen LogP) is 4.30. The van der Waals surface area contributed by atoms with Gasteiger partial charge in [0.2, 0.25) is 5.91 Å². The summed E-state index contributed by atoms with van der Waals surface area (Å²) in [6.45, 7) is 5.60. The molecular formula is C24H28N4O3S. The van der Waals surface area contributed by atoms with Gasteiger partial charge in [-0.2, -0.15) is 5.10 Å². The molecule has 0 saturated carbocycles. The molecule has 32 heavy (non-hydrogen) atoms. The first-order valence-electron chi connectivity index (χ1n) is 10.8. The topological polar surface area (TPSA) is 72.4 Å². The van der Waals surface area contributed by atoms with Crippen LogP contribution in [0.1, 0.15) is 24.0 Å². The van der Waals surface area contributed by atoms with Gasteiger partial charge in [0.15, 0.2) is 10.6 Å². The van der Waals surface area contributed by atoms with Crippen molar-refractivity contribution in [2.24, 2.45) is 0 Å². The lowest BCUT2D eigenvalue weighted by Gasteiger charge is -2.32. The number of likely N-dealkylation sites (tertiary alicyclic amines) is 1. The van der Waals surface area contributed by atoms with Crippen LogP contribution >= 0.6 is 12.2 Å². The molecule has 1 fully saturated rings. The van der Waals surface area contributed by atoms with Gasteiger partial charge in [-0.05, 0) is 67.5 Å². The Morgan fingerprint density at radius 2 is 1.88 bits per heavy atom. The third kappa shape index (κ3) is 4.85. The van der Waals surface area contributed by atoms with E-state index in [2.05, 4.69) is 42.2 Å². The number of carbonyl (C=O) groups is 1. The highest BCUT2D eigenvalue weighted by Crippen LogP contribution is 2.25. The second kappa shape index (κ2) is 9.56. The van der Waals surface area contributed by atoms with E-state index in [4.69, 9.17) is 21.7 Å². The molecule has 0 aliphatic carbocycles.